The summed E-state index contributed by atoms with van der Waals surface area (Å²) in [5.41, 5.74) is 4.15. The summed E-state index contributed by atoms with van der Waals surface area (Å²) in [4.78, 5) is 16.7. The molecule has 0 spiro atoms. The van der Waals surface area contributed by atoms with E-state index in [0.717, 1.165) is 5.69 Å². The molecule has 0 aliphatic carbocycles. The number of amides is 1. The zero-order chi connectivity index (χ0) is 19.1. The van der Waals surface area contributed by atoms with Gasteiger partial charge in [0.2, 0.25) is 0 Å². The number of nitrogens with one attached hydrogen (secondary N) is 2. The van der Waals surface area contributed by atoms with E-state index in [4.69, 9.17) is 4.74 Å². The predicted molar refractivity (Wildman–Crippen MR) is 106 cm³/mol. The molecule has 5 heteroatoms. The second-order valence-electron chi connectivity index (χ2n) is 6.92. The van der Waals surface area contributed by atoms with Gasteiger partial charge in [-0.2, -0.15) is 0 Å². The Hall–Kier alpha value is -2.40. The van der Waals surface area contributed by atoms with E-state index in [1.54, 1.807) is 25.4 Å². The molecule has 2 N–H and O–H groups in total. The van der Waals surface area contributed by atoms with Gasteiger partial charge in [0.15, 0.2) is 0 Å². The number of aromatic nitrogens is 1. The fraction of sp³-hybridized carbons (Fsp3) is 0.429. The van der Waals surface area contributed by atoms with Crippen molar-refractivity contribution in [2.75, 3.05) is 25.6 Å². The Morgan fingerprint density at radius 1 is 1.12 bits per heavy atom. The van der Waals surface area contributed by atoms with Crippen LogP contribution in [0.5, 0.6) is 0 Å². The van der Waals surface area contributed by atoms with Crippen LogP contribution in [0.15, 0.2) is 36.5 Å². The van der Waals surface area contributed by atoms with Crippen molar-refractivity contribution in [3.05, 3.63) is 53.2 Å². The second-order valence-corrected chi connectivity index (χ2v) is 6.92. The van der Waals surface area contributed by atoms with Crippen LogP contribution in [0.1, 0.15) is 61.0 Å². The molecular formula is C21H29N3O2. The van der Waals surface area contributed by atoms with Gasteiger partial charge in [0.05, 0.1) is 6.61 Å². The van der Waals surface area contributed by atoms with Crippen molar-refractivity contribution in [2.45, 2.75) is 39.5 Å². The lowest BCUT2D eigenvalue weighted by molar-refractivity contribution is 0.0937. The number of pyridine rings is 1. The van der Waals surface area contributed by atoms with Gasteiger partial charge in [-0.1, -0.05) is 45.9 Å². The van der Waals surface area contributed by atoms with Crippen molar-refractivity contribution in [2.24, 2.45) is 0 Å². The van der Waals surface area contributed by atoms with Crippen molar-refractivity contribution < 1.29 is 9.53 Å². The van der Waals surface area contributed by atoms with Crippen LogP contribution in [0, 0.1) is 0 Å². The first-order chi connectivity index (χ1) is 12.4. The highest BCUT2D eigenvalue weighted by molar-refractivity contribution is 5.95. The summed E-state index contributed by atoms with van der Waals surface area (Å²) in [6, 6.07) is 9.87. The van der Waals surface area contributed by atoms with Gasteiger partial charge in [-0.15, -0.1) is 0 Å². The minimum absolute atomic E-state index is 0.131. The van der Waals surface area contributed by atoms with Gasteiger partial charge in [-0.05, 0) is 35.1 Å². The minimum Gasteiger partial charge on any atom is -0.383 e. The first-order valence-electron chi connectivity index (χ1n) is 9.07. The van der Waals surface area contributed by atoms with E-state index >= 15 is 0 Å². The summed E-state index contributed by atoms with van der Waals surface area (Å²) in [6.07, 6.45) is 1.65. The molecule has 26 heavy (non-hydrogen) atoms. The maximum Gasteiger partial charge on any atom is 0.251 e. The molecule has 0 saturated carbocycles. The molecule has 1 aromatic heterocycles. The minimum atomic E-state index is -0.131. The lowest BCUT2D eigenvalue weighted by Crippen LogP contribution is -2.27. The molecule has 2 rings (SSSR count). The van der Waals surface area contributed by atoms with Gasteiger partial charge in [0.1, 0.15) is 5.82 Å². The summed E-state index contributed by atoms with van der Waals surface area (Å²) in [5.74, 6) is 1.31. The Morgan fingerprint density at radius 2 is 1.77 bits per heavy atom. The third-order valence-corrected chi connectivity index (χ3v) is 4.24. The van der Waals surface area contributed by atoms with E-state index in [-0.39, 0.29) is 5.91 Å². The van der Waals surface area contributed by atoms with Crippen molar-refractivity contribution in [1.29, 1.82) is 0 Å². The molecule has 0 saturated heterocycles. The van der Waals surface area contributed by atoms with Crippen LogP contribution in [0.3, 0.4) is 0 Å². The molecule has 0 radical (unpaired) electrons. The van der Waals surface area contributed by atoms with Crippen molar-refractivity contribution in [3.8, 4) is 0 Å². The van der Waals surface area contributed by atoms with Crippen molar-refractivity contribution in [1.82, 2.24) is 10.3 Å². The number of para-hydroxylation sites is 1. The molecule has 1 amide bonds. The van der Waals surface area contributed by atoms with Gasteiger partial charge in [0, 0.05) is 31.1 Å². The topological polar surface area (TPSA) is 63.2 Å². The summed E-state index contributed by atoms with van der Waals surface area (Å²) >= 11 is 0. The highest BCUT2D eigenvalue weighted by atomic mass is 16.5. The molecule has 0 fully saturated rings. The van der Waals surface area contributed by atoms with E-state index in [1.165, 1.54) is 11.1 Å². The number of carbonyl (C=O) groups excluding carboxylic acids is 1. The van der Waals surface area contributed by atoms with E-state index in [1.807, 2.05) is 0 Å². The average Bonchev–Trinajstić information content (AvgIpc) is 2.61. The summed E-state index contributed by atoms with van der Waals surface area (Å²) in [7, 11) is 1.61. The number of methoxy groups -OCH3 is 1. The molecular weight excluding hydrogens is 326 g/mol. The zero-order valence-corrected chi connectivity index (χ0v) is 16.3. The molecule has 2 aromatic rings. The van der Waals surface area contributed by atoms with Crippen LogP contribution < -0.4 is 10.6 Å². The zero-order valence-electron chi connectivity index (χ0n) is 16.3. The molecule has 0 aliphatic rings. The van der Waals surface area contributed by atoms with E-state index < -0.39 is 0 Å². The number of benzene rings is 1. The van der Waals surface area contributed by atoms with Crippen LogP contribution in [-0.2, 0) is 4.74 Å². The molecule has 0 aliphatic heterocycles. The number of rotatable bonds is 8. The fourth-order valence-electron chi connectivity index (χ4n) is 2.83. The largest absolute Gasteiger partial charge is 0.383 e. The number of nitrogens with zero attached hydrogens (tertiary/aromatic N) is 1. The van der Waals surface area contributed by atoms with Crippen LogP contribution in [0.25, 0.3) is 0 Å². The molecule has 1 heterocycles. The number of anilines is 2. The third kappa shape index (κ3) is 5.05. The molecule has 1 aromatic carbocycles. The Balaban J connectivity index is 2.29. The van der Waals surface area contributed by atoms with Crippen LogP contribution in [0.4, 0.5) is 11.5 Å². The molecule has 5 nitrogen and oxygen atoms in total. The van der Waals surface area contributed by atoms with Crippen LogP contribution in [0.2, 0.25) is 0 Å². The lowest BCUT2D eigenvalue weighted by Gasteiger charge is -2.20. The molecule has 140 valence electrons. The summed E-state index contributed by atoms with van der Waals surface area (Å²) < 4.78 is 4.96. The monoisotopic (exact) mass is 355 g/mol. The second kappa shape index (κ2) is 9.34. The Kier molecular flexibility index (Phi) is 7.16. The van der Waals surface area contributed by atoms with E-state index in [2.05, 4.69) is 61.5 Å². The number of carbonyl (C=O) groups is 1. The molecule has 0 atom stereocenters. The number of hydrogen-bond acceptors (Lipinski definition) is 4. The first kappa shape index (κ1) is 19.9. The van der Waals surface area contributed by atoms with Crippen LogP contribution in [-0.4, -0.2) is 31.2 Å². The third-order valence-electron chi connectivity index (χ3n) is 4.24. The smallest absolute Gasteiger partial charge is 0.251 e. The van der Waals surface area contributed by atoms with Crippen molar-refractivity contribution >= 4 is 17.4 Å². The predicted octanol–water partition coefficient (Wildman–Crippen LogP) is 4.45. The van der Waals surface area contributed by atoms with Crippen LogP contribution >= 0.6 is 0 Å². The maximum atomic E-state index is 12.3. The maximum absolute atomic E-state index is 12.3. The Labute approximate surface area is 156 Å². The van der Waals surface area contributed by atoms with Gasteiger partial charge < -0.3 is 15.4 Å². The highest BCUT2D eigenvalue weighted by Gasteiger charge is 2.15. The molecule has 0 unspecified atom stereocenters. The average molecular weight is 355 g/mol. The molecule has 0 bridgehead atoms. The lowest BCUT2D eigenvalue weighted by atomic mass is 9.92. The highest BCUT2D eigenvalue weighted by Crippen LogP contribution is 2.34. The normalized spacial score (nSPS) is 11.0. The number of ether oxygens (including phenoxy) is 1. The number of hydrogen-bond donors (Lipinski definition) is 2. The Bertz CT molecular complexity index is 716. The standard InChI is InChI=1S/C21H29N3O2/c1-14(2)17-7-6-8-18(15(3)4)20(17)24-19-13-16(9-10-22-19)21(25)23-11-12-26-5/h6-10,13-15H,11-12H2,1-5H3,(H,22,24)(H,23,25). The summed E-state index contributed by atoms with van der Waals surface area (Å²) in [5, 5.41) is 6.28. The van der Waals surface area contributed by atoms with Gasteiger partial charge in [0.25, 0.3) is 5.91 Å². The van der Waals surface area contributed by atoms with Gasteiger partial charge in [-0.25, -0.2) is 4.98 Å². The Morgan fingerprint density at radius 3 is 2.35 bits per heavy atom. The van der Waals surface area contributed by atoms with Gasteiger partial charge >= 0.3 is 0 Å². The quantitative estimate of drug-likeness (QED) is 0.687. The van der Waals surface area contributed by atoms with Crippen molar-refractivity contribution in [3.63, 3.8) is 0 Å². The summed E-state index contributed by atoms with van der Waals surface area (Å²) in [6.45, 7) is 9.68. The SMILES string of the molecule is COCCNC(=O)c1ccnc(Nc2c(C(C)C)cccc2C(C)C)c1. The first-order valence-corrected chi connectivity index (χ1v) is 9.07. The van der Waals surface area contributed by atoms with E-state index in [0.29, 0.717) is 36.4 Å². The van der Waals surface area contributed by atoms with Gasteiger partial charge in [-0.3, -0.25) is 4.79 Å². The fourth-order valence-corrected chi connectivity index (χ4v) is 2.83. The van der Waals surface area contributed by atoms with E-state index in [9.17, 15) is 4.79 Å².